The van der Waals surface area contributed by atoms with E-state index in [4.69, 9.17) is 4.74 Å². The lowest BCUT2D eigenvalue weighted by atomic mass is 9.74. The van der Waals surface area contributed by atoms with Crippen molar-refractivity contribution in [1.29, 1.82) is 0 Å². The number of hydrogen-bond donors (Lipinski definition) is 2. The van der Waals surface area contributed by atoms with Crippen LogP contribution in [0.25, 0.3) is 0 Å². The van der Waals surface area contributed by atoms with E-state index in [1.54, 1.807) is 0 Å². The summed E-state index contributed by atoms with van der Waals surface area (Å²) in [6, 6.07) is 7.95. The molecule has 1 aromatic heterocycles. The van der Waals surface area contributed by atoms with E-state index in [-0.39, 0.29) is 24.0 Å². The summed E-state index contributed by atoms with van der Waals surface area (Å²) in [6.07, 6.45) is 2.16. The Kier molecular flexibility index (Phi) is 3.83. The third-order valence-electron chi connectivity index (χ3n) is 4.76. The molecule has 5 heteroatoms. The van der Waals surface area contributed by atoms with E-state index in [1.807, 2.05) is 29.0 Å². The van der Waals surface area contributed by atoms with Crippen LogP contribution in [0.3, 0.4) is 0 Å². The predicted octanol–water partition coefficient (Wildman–Crippen LogP) is 2.93. The molecule has 23 heavy (non-hydrogen) atoms. The topological polar surface area (TPSA) is 58.6 Å². The first kappa shape index (κ1) is 14.7. The number of amides is 1. The number of aliphatic hydroxyl groups excluding tert-OH is 1. The van der Waals surface area contributed by atoms with Gasteiger partial charge >= 0.3 is 0 Å². The van der Waals surface area contributed by atoms with Crippen LogP contribution in [0.4, 0.5) is 0 Å². The first-order valence-electron chi connectivity index (χ1n) is 7.97. The summed E-state index contributed by atoms with van der Waals surface area (Å²) in [4.78, 5) is 12.5. The van der Waals surface area contributed by atoms with Crippen LogP contribution < -0.4 is 10.1 Å². The second-order valence-electron chi connectivity index (χ2n) is 6.31. The standard InChI is InChI=1S/C18H19NO3S/c20-15-8-14(9-15)17(19-18(21)13-4-6-23-10-13)12-1-2-16-11(7-12)3-5-22-16/h1-2,4,6-7,10,14-15,17,20H,3,5,8-9H2,(H,19,21)/t14?,15?,17-/m0/s1. The largest absolute Gasteiger partial charge is 0.493 e. The highest BCUT2D eigenvalue weighted by atomic mass is 32.1. The van der Waals surface area contributed by atoms with Gasteiger partial charge in [-0.25, -0.2) is 0 Å². The summed E-state index contributed by atoms with van der Waals surface area (Å²) in [5.74, 6) is 1.19. The summed E-state index contributed by atoms with van der Waals surface area (Å²) in [5, 5.41) is 16.6. The van der Waals surface area contributed by atoms with Gasteiger partial charge in [-0.3, -0.25) is 4.79 Å². The average molecular weight is 329 g/mol. The molecule has 1 fully saturated rings. The summed E-state index contributed by atoms with van der Waals surface area (Å²) < 4.78 is 5.57. The molecule has 2 aliphatic rings. The molecule has 0 unspecified atom stereocenters. The van der Waals surface area contributed by atoms with E-state index in [9.17, 15) is 9.90 Å². The van der Waals surface area contributed by atoms with E-state index in [0.29, 0.717) is 5.56 Å². The predicted molar refractivity (Wildman–Crippen MR) is 88.9 cm³/mol. The Morgan fingerprint density at radius 1 is 1.35 bits per heavy atom. The maximum Gasteiger partial charge on any atom is 0.252 e. The number of aliphatic hydroxyl groups is 1. The number of nitrogens with one attached hydrogen (secondary N) is 1. The lowest BCUT2D eigenvalue weighted by Crippen LogP contribution is -2.41. The first-order chi connectivity index (χ1) is 11.2. The zero-order valence-electron chi connectivity index (χ0n) is 12.7. The number of ether oxygens (including phenoxy) is 1. The molecule has 2 heterocycles. The van der Waals surface area contributed by atoms with Crippen molar-refractivity contribution in [2.75, 3.05) is 6.61 Å². The zero-order chi connectivity index (χ0) is 15.8. The Morgan fingerprint density at radius 3 is 2.96 bits per heavy atom. The maximum atomic E-state index is 12.5. The minimum Gasteiger partial charge on any atom is -0.493 e. The number of thiophene rings is 1. The SMILES string of the molecule is O=C(N[C@@H](c1ccc2c(c1)CCO2)C1CC(O)C1)c1ccsc1. The molecule has 0 saturated heterocycles. The van der Waals surface area contributed by atoms with Gasteiger partial charge in [0, 0.05) is 11.8 Å². The van der Waals surface area contributed by atoms with Gasteiger partial charge in [0.25, 0.3) is 5.91 Å². The molecule has 4 rings (SSSR count). The van der Waals surface area contributed by atoms with Crippen LogP contribution in [-0.4, -0.2) is 23.7 Å². The lowest BCUT2D eigenvalue weighted by molar-refractivity contribution is 0.0235. The molecule has 1 aliphatic carbocycles. The summed E-state index contributed by atoms with van der Waals surface area (Å²) >= 11 is 1.52. The van der Waals surface area contributed by atoms with Crippen molar-refractivity contribution in [2.24, 2.45) is 5.92 Å². The highest BCUT2D eigenvalue weighted by Crippen LogP contribution is 2.40. The van der Waals surface area contributed by atoms with Crippen molar-refractivity contribution < 1.29 is 14.6 Å². The number of benzene rings is 1. The van der Waals surface area contributed by atoms with Crippen molar-refractivity contribution in [1.82, 2.24) is 5.32 Å². The third kappa shape index (κ3) is 2.86. The Labute approximate surface area is 139 Å². The van der Waals surface area contributed by atoms with Crippen LogP contribution in [0.2, 0.25) is 0 Å². The zero-order valence-corrected chi connectivity index (χ0v) is 13.5. The van der Waals surface area contributed by atoms with Crippen LogP contribution in [0.15, 0.2) is 35.0 Å². The van der Waals surface area contributed by atoms with E-state index in [0.717, 1.165) is 37.2 Å². The van der Waals surface area contributed by atoms with Crippen LogP contribution in [0.5, 0.6) is 5.75 Å². The molecule has 0 spiro atoms. The van der Waals surface area contributed by atoms with E-state index < -0.39 is 0 Å². The van der Waals surface area contributed by atoms with Gasteiger partial charge in [0.1, 0.15) is 5.75 Å². The molecule has 2 aromatic rings. The third-order valence-corrected chi connectivity index (χ3v) is 5.45. The Morgan fingerprint density at radius 2 is 2.22 bits per heavy atom. The van der Waals surface area contributed by atoms with Gasteiger partial charge in [0.15, 0.2) is 0 Å². The summed E-state index contributed by atoms with van der Waals surface area (Å²) in [7, 11) is 0. The Bertz CT molecular complexity index is 707. The maximum absolute atomic E-state index is 12.5. The number of hydrogen-bond acceptors (Lipinski definition) is 4. The molecule has 0 radical (unpaired) electrons. The normalized spacial score (nSPS) is 23.5. The van der Waals surface area contributed by atoms with Crippen molar-refractivity contribution in [3.05, 3.63) is 51.7 Å². The lowest BCUT2D eigenvalue weighted by Gasteiger charge is -2.38. The Hall–Kier alpha value is -1.85. The summed E-state index contributed by atoms with van der Waals surface area (Å²) in [5.41, 5.74) is 3.01. The smallest absolute Gasteiger partial charge is 0.252 e. The van der Waals surface area contributed by atoms with Crippen molar-refractivity contribution in [3.63, 3.8) is 0 Å². The monoisotopic (exact) mass is 329 g/mol. The van der Waals surface area contributed by atoms with Gasteiger partial charge in [-0.15, -0.1) is 0 Å². The molecule has 2 N–H and O–H groups in total. The average Bonchev–Trinajstić information content (AvgIpc) is 3.19. The van der Waals surface area contributed by atoms with E-state index in [1.165, 1.54) is 16.9 Å². The van der Waals surface area contributed by atoms with Crippen molar-refractivity contribution in [3.8, 4) is 5.75 Å². The van der Waals surface area contributed by atoms with Gasteiger partial charge in [-0.05, 0) is 53.5 Å². The Balaban J connectivity index is 1.59. The molecule has 1 saturated carbocycles. The fraction of sp³-hybridized carbons (Fsp3) is 0.389. The first-order valence-corrected chi connectivity index (χ1v) is 8.92. The minimum atomic E-state index is -0.238. The molecular formula is C18H19NO3S. The highest BCUT2D eigenvalue weighted by Gasteiger charge is 2.36. The molecule has 1 amide bonds. The van der Waals surface area contributed by atoms with Crippen LogP contribution in [0, 0.1) is 5.92 Å². The number of carbonyl (C=O) groups is 1. The molecule has 1 aliphatic heterocycles. The molecule has 4 nitrogen and oxygen atoms in total. The summed E-state index contributed by atoms with van der Waals surface area (Å²) in [6.45, 7) is 0.729. The molecule has 1 atom stereocenters. The van der Waals surface area contributed by atoms with Gasteiger partial charge in [-0.2, -0.15) is 11.3 Å². The molecular weight excluding hydrogens is 310 g/mol. The molecule has 120 valence electrons. The number of fused-ring (bicyclic) bond motifs is 1. The van der Waals surface area contributed by atoms with Crippen LogP contribution in [-0.2, 0) is 6.42 Å². The van der Waals surface area contributed by atoms with Gasteiger partial charge in [0.2, 0.25) is 0 Å². The van der Waals surface area contributed by atoms with Gasteiger partial charge in [-0.1, -0.05) is 6.07 Å². The van der Waals surface area contributed by atoms with Crippen LogP contribution in [0.1, 0.15) is 40.4 Å². The second-order valence-corrected chi connectivity index (χ2v) is 7.09. The fourth-order valence-corrected chi connectivity index (χ4v) is 4.03. The van der Waals surface area contributed by atoms with Gasteiger partial charge in [0.05, 0.1) is 24.3 Å². The number of carbonyl (C=O) groups excluding carboxylic acids is 1. The van der Waals surface area contributed by atoms with Crippen LogP contribution >= 0.6 is 11.3 Å². The minimum absolute atomic E-state index is 0.0469. The number of rotatable bonds is 4. The van der Waals surface area contributed by atoms with E-state index in [2.05, 4.69) is 11.4 Å². The van der Waals surface area contributed by atoms with Crippen molar-refractivity contribution >= 4 is 17.2 Å². The highest BCUT2D eigenvalue weighted by molar-refractivity contribution is 7.08. The fourth-order valence-electron chi connectivity index (χ4n) is 3.39. The van der Waals surface area contributed by atoms with Crippen molar-refractivity contribution in [2.45, 2.75) is 31.4 Å². The molecule has 0 bridgehead atoms. The van der Waals surface area contributed by atoms with E-state index >= 15 is 0 Å². The molecule has 1 aromatic carbocycles. The van der Waals surface area contributed by atoms with Gasteiger partial charge < -0.3 is 15.2 Å². The quantitative estimate of drug-likeness (QED) is 0.907. The second kappa shape index (κ2) is 5.98.